The minimum Gasteiger partial charge on any atom is -0.507 e. The van der Waals surface area contributed by atoms with E-state index in [9.17, 15) is 19.8 Å². The molecular weight excluding hydrogens is 496 g/mol. The summed E-state index contributed by atoms with van der Waals surface area (Å²) in [5.41, 5.74) is 1.26. The van der Waals surface area contributed by atoms with Crippen molar-refractivity contribution in [3.05, 3.63) is 96.1 Å². The molecule has 0 radical (unpaired) electrons. The molecule has 0 heterocycles. The predicted octanol–water partition coefficient (Wildman–Crippen LogP) is 7.48. The van der Waals surface area contributed by atoms with Crippen molar-refractivity contribution in [3.63, 3.8) is 0 Å². The number of hydrogen-bond donors (Lipinski definition) is 4. The lowest BCUT2D eigenvalue weighted by Crippen LogP contribution is -1.95. The largest absolute Gasteiger partial charge is 0.507 e. The van der Waals surface area contributed by atoms with E-state index in [1.807, 2.05) is 24.3 Å². The Morgan fingerprint density at radius 2 is 0.838 bits per heavy atom. The first kappa shape index (κ1) is 25.1. The molecule has 0 fully saturated rings. The van der Waals surface area contributed by atoms with E-state index in [0.29, 0.717) is 22.7 Å². The van der Waals surface area contributed by atoms with Gasteiger partial charge in [-0.2, -0.15) is 20.5 Å². The van der Waals surface area contributed by atoms with Gasteiger partial charge in [-0.05, 0) is 84.9 Å². The molecule has 0 saturated heterocycles. The molecule has 4 aromatic carbocycles. The topological polar surface area (TPSA) is 164 Å². The fourth-order valence-electron chi connectivity index (χ4n) is 3.04. The molecule has 0 spiro atoms. The van der Waals surface area contributed by atoms with Crippen molar-refractivity contribution in [2.75, 3.05) is 0 Å². The van der Waals surface area contributed by atoms with Gasteiger partial charge < -0.3 is 20.4 Å². The Balaban J connectivity index is 1.38. The average Bonchev–Trinajstić information content (AvgIpc) is 2.89. The SMILES string of the molecule is O=C(O)c1cc(/N=N/c2ccc(Sc3ccc(/N=N/c4ccc(O)c(C(=O)O)c4)cc3)cc2)ccc1O. The molecule has 4 aromatic rings. The number of nitrogens with zero attached hydrogens (tertiary/aromatic N) is 4. The number of hydrogen-bond acceptors (Lipinski definition) is 9. The molecule has 0 aromatic heterocycles. The zero-order valence-electron chi connectivity index (χ0n) is 18.9. The monoisotopic (exact) mass is 514 g/mol. The standard InChI is InChI=1S/C26H18N4O6S/c31-23-11-5-17(13-21(23)25(33)34)29-27-15-1-7-19(8-2-15)37-20-9-3-16(4-10-20)28-30-18-6-12-24(32)22(14-18)26(35)36/h1-14,31-32H,(H,33,34)(H,35,36)/b29-27+,30-28+. The maximum atomic E-state index is 11.1. The number of aromatic hydroxyl groups is 2. The molecule has 0 bridgehead atoms. The highest BCUT2D eigenvalue weighted by Crippen LogP contribution is 2.32. The fraction of sp³-hybridized carbons (Fsp3) is 0. The quantitative estimate of drug-likeness (QED) is 0.177. The summed E-state index contributed by atoms with van der Waals surface area (Å²) in [6, 6.07) is 22.5. The third-order valence-corrected chi connectivity index (χ3v) is 5.91. The Hall–Kier alpha value is -5.03. The number of carboxylic acids is 2. The second kappa shape index (κ2) is 11.1. The minimum absolute atomic E-state index is 0.247. The second-order valence-corrected chi connectivity index (χ2v) is 8.65. The van der Waals surface area contributed by atoms with Crippen LogP contribution in [0.25, 0.3) is 0 Å². The lowest BCUT2D eigenvalue weighted by atomic mass is 10.2. The highest BCUT2D eigenvalue weighted by molar-refractivity contribution is 7.99. The van der Waals surface area contributed by atoms with E-state index < -0.39 is 11.9 Å². The van der Waals surface area contributed by atoms with Crippen LogP contribution in [0.5, 0.6) is 11.5 Å². The Kier molecular flexibility index (Phi) is 7.55. The molecule has 4 N–H and O–H groups in total. The van der Waals surface area contributed by atoms with Crippen LogP contribution in [0.2, 0.25) is 0 Å². The van der Waals surface area contributed by atoms with Crippen LogP contribution >= 0.6 is 11.8 Å². The van der Waals surface area contributed by atoms with Crippen molar-refractivity contribution in [1.29, 1.82) is 0 Å². The fourth-order valence-corrected chi connectivity index (χ4v) is 3.86. The molecule has 11 heteroatoms. The summed E-state index contributed by atoms with van der Waals surface area (Å²) in [6.45, 7) is 0. The lowest BCUT2D eigenvalue weighted by Gasteiger charge is -2.03. The number of azo groups is 2. The highest BCUT2D eigenvalue weighted by Gasteiger charge is 2.11. The van der Waals surface area contributed by atoms with E-state index in [1.54, 1.807) is 24.3 Å². The van der Waals surface area contributed by atoms with Gasteiger partial charge in [0, 0.05) is 9.79 Å². The van der Waals surface area contributed by atoms with Crippen LogP contribution in [0, 0.1) is 0 Å². The zero-order chi connectivity index (χ0) is 26.4. The first-order chi connectivity index (χ1) is 17.8. The van der Waals surface area contributed by atoms with Gasteiger partial charge in [0.2, 0.25) is 0 Å². The van der Waals surface area contributed by atoms with Crippen LogP contribution in [0.4, 0.5) is 22.7 Å². The van der Waals surface area contributed by atoms with Gasteiger partial charge in [0.25, 0.3) is 0 Å². The van der Waals surface area contributed by atoms with Crippen molar-refractivity contribution < 1.29 is 30.0 Å². The minimum atomic E-state index is -1.25. The summed E-state index contributed by atoms with van der Waals surface area (Å²) in [6.07, 6.45) is 0. The Labute approximate surface area is 214 Å². The van der Waals surface area contributed by atoms with Gasteiger partial charge in [-0.15, -0.1) is 0 Å². The highest BCUT2D eigenvalue weighted by atomic mass is 32.2. The van der Waals surface area contributed by atoms with Gasteiger partial charge in [0.05, 0.1) is 22.7 Å². The Morgan fingerprint density at radius 3 is 1.19 bits per heavy atom. The Bertz CT molecular complexity index is 1400. The molecule has 10 nitrogen and oxygen atoms in total. The molecular formula is C26H18N4O6S. The van der Waals surface area contributed by atoms with Crippen LogP contribution in [0.1, 0.15) is 20.7 Å². The third kappa shape index (κ3) is 6.55. The zero-order valence-corrected chi connectivity index (χ0v) is 19.7. The van der Waals surface area contributed by atoms with E-state index in [4.69, 9.17) is 10.2 Å². The number of carboxylic acid groups (broad SMARTS) is 2. The van der Waals surface area contributed by atoms with E-state index >= 15 is 0 Å². The summed E-state index contributed by atoms with van der Waals surface area (Å²) >= 11 is 1.52. The summed E-state index contributed by atoms with van der Waals surface area (Å²) in [5, 5.41) is 53.6. The number of aromatic carboxylic acids is 2. The van der Waals surface area contributed by atoms with Crippen LogP contribution in [-0.4, -0.2) is 32.4 Å². The van der Waals surface area contributed by atoms with E-state index in [1.165, 1.54) is 48.2 Å². The van der Waals surface area contributed by atoms with Crippen molar-refractivity contribution in [2.24, 2.45) is 20.5 Å². The molecule has 184 valence electrons. The lowest BCUT2D eigenvalue weighted by molar-refractivity contribution is 0.0682. The number of phenols is 2. The second-order valence-electron chi connectivity index (χ2n) is 7.50. The first-order valence-corrected chi connectivity index (χ1v) is 11.4. The van der Waals surface area contributed by atoms with Gasteiger partial charge in [-0.1, -0.05) is 11.8 Å². The molecule has 0 saturated carbocycles. The van der Waals surface area contributed by atoms with E-state index in [-0.39, 0.29) is 22.6 Å². The molecule has 0 aliphatic rings. The van der Waals surface area contributed by atoms with Gasteiger partial charge >= 0.3 is 11.9 Å². The molecule has 0 atom stereocenters. The van der Waals surface area contributed by atoms with Crippen LogP contribution in [0.15, 0.2) is 115 Å². The summed E-state index contributed by atoms with van der Waals surface area (Å²) in [7, 11) is 0. The van der Waals surface area contributed by atoms with Crippen LogP contribution in [-0.2, 0) is 0 Å². The molecule has 0 aliphatic carbocycles. The van der Waals surface area contributed by atoms with Crippen LogP contribution < -0.4 is 0 Å². The molecule has 0 aliphatic heterocycles. The molecule has 37 heavy (non-hydrogen) atoms. The van der Waals surface area contributed by atoms with Crippen molar-refractivity contribution >= 4 is 46.5 Å². The van der Waals surface area contributed by atoms with Crippen molar-refractivity contribution in [1.82, 2.24) is 0 Å². The predicted molar refractivity (Wildman–Crippen MR) is 135 cm³/mol. The summed E-state index contributed by atoms with van der Waals surface area (Å²) in [5.74, 6) is -3.18. The van der Waals surface area contributed by atoms with E-state index in [2.05, 4.69) is 20.5 Å². The number of benzene rings is 4. The number of rotatable bonds is 8. The third-order valence-electron chi connectivity index (χ3n) is 4.89. The maximum Gasteiger partial charge on any atom is 0.339 e. The van der Waals surface area contributed by atoms with Crippen LogP contribution in [0.3, 0.4) is 0 Å². The average molecular weight is 515 g/mol. The van der Waals surface area contributed by atoms with Crippen molar-refractivity contribution in [3.8, 4) is 11.5 Å². The smallest absolute Gasteiger partial charge is 0.339 e. The number of carbonyl (C=O) groups is 2. The summed E-state index contributed by atoms with van der Waals surface area (Å²) in [4.78, 5) is 24.1. The molecule has 4 rings (SSSR count). The van der Waals surface area contributed by atoms with Gasteiger partial charge in [-0.25, -0.2) is 9.59 Å². The van der Waals surface area contributed by atoms with E-state index in [0.717, 1.165) is 9.79 Å². The van der Waals surface area contributed by atoms with Gasteiger partial charge in [0.15, 0.2) is 0 Å². The Morgan fingerprint density at radius 1 is 0.514 bits per heavy atom. The molecule has 0 amide bonds. The van der Waals surface area contributed by atoms with Gasteiger partial charge in [-0.3, -0.25) is 0 Å². The van der Waals surface area contributed by atoms with Crippen molar-refractivity contribution in [2.45, 2.75) is 9.79 Å². The normalized spacial score (nSPS) is 11.2. The molecule has 0 unspecified atom stereocenters. The van der Waals surface area contributed by atoms with Gasteiger partial charge in [0.1, 0.15) is 22.6 Å². The maximum absolute atomic E-state index is 11.1. The summed E-state index contributed by atoms with van der Waals surface area (Å²) < 4.78 is 0. The first-order valence-electron chi connectivity index (χ1n) is 10.6.